The van der Waals surface area contributed by atoms with Gasteiger partial charge in [0.2, 0.25) is 0 Å². The summed E-state index contributed by atoms with van der Waals surface area (Å²) in [5.41, 5.74) is 2.60. The highest BCUT2D eigenvalue weighted by molar-refractivity contribution is 6.30. The van der Waals surface area contributed by atoms with E-state index in [4.69, 9.17) is 11.6 Å². The fraction of sp³-hybridized carbons (Fsp3) is 0.0476. The number of hydrogen-bond acceptors (Lipinski definition) is 0. The van der Waals surface area contributed by atoms with Gasteiger partial charge in [0, 0.05) is 16.5 Å². The van der Waals surface area contributed by atoms with Crippen LogP contribution in [-0.4, -0.2) is 0 Å². The molecule has 3 aromatic carbocycles. The molecule has 0 N–H and O–H groups in total. The standard InChI is InChI=1S/C21H16ClF/c22-19-13-7-12-18(14-19)21(23)15-20(16-8-3-1-4-9-16)17-10-5-2-6-11-17/h1-15,20H/b21-15+. The molecule has 0 fully saturated rings. The van der Waals surface area contributed by atoms with E-state index in [1.807, 2.05) is 60.7 Å². The third-order valence-corrected chi connectivity index (χ3v) is 3.97. The van der Waals surface area contributed by atoms with Crippen molar-refractivity contribution in [2.45, 2.75) is 5.92 Å². The van der Waals surface area contributed by atoms with Crippen LogP contribution >= 0.6 is 11.6 Å². The Hall–Kier alpha value is -2.38. The quantitative estimate of drug-likeness (QED) is 0.515. The highest BCUT2D eigenvalue weighted by atomic mass is 35.5. The van der Waals surface area contributed by atoms with Crippen molar-refractivity contribution < 1.29 is 4.39 Å². The topological polar surface area (TPSA) is 0 Å². The van der Waals surface area contributed by atoms with Gasteiger partial charge in [0.05, 0.1) is 0 Å². The molecule has 2 heteroatoms. The van der Waals surface area contributed by atoms with E-state index in [-0.39, 0.29) is 11.7 Å². The molecule has 114 valence electrons. The molecule has 0 aliphatic rings. The van der Waals surface area contributed by atoms with E-state index in [1.54, 1.807) is 30.3 Å². The first-order valence-electron chi connectivity index (χ1n) is 7.47. The SMILES string of the molecule is F/C(=C/C(c1ccccc1)c1ccccc1)c1cccc(Cl)c1. The number of hydrogen-bond donors (Lipinski definition) is 0. The van der Waals surface area contributed by atoms with Crippen LogP contribution in [0.5, 0.6) is 0 Å². The van der Waals surface area contributed by atoms with Gasteiger partial charge in [-0.2, -0.15) is 0 Å². The predicted octanol–water partition coefficient (Wildman–Crippen LogP) is 6.48. The fourth-order valence-corrected chi connectivity index (χ4v) is 2.78. The highest BCUT2D eigenvalue weighted by Crippen LogP contribution is 2.30. The first-order valence-corrected chi connectivity index (χ1v) is 7.85. The predicted molar refractivity (Wildman–Crippen MR) is 95.3 cm³/mol. The first-order chi connectivity index (χ1) is 11.2. The molecule has 0 bridgehead atoms. The Morgan fingerprint density at radius 2 is 1.35 bits per heavy atom. The molecule has 0 aromatic heterocycles. The summed E-state index contributed by atoms with van der Waals surface area (Å²) in [7, 11) is 0. The lowest BCUT2D eigenvalue weighted by molar-refractivity contribution is 0.751. The summed E-state index contributed by atoms with van der Waals surface area (Å²) >= 11 is 5.97. The lowest BCUT2D eigenvalue weighted by atomic mass is 9.90. The third kappa shape index (κ3) is 3.88. The van der Waals surface area contributed by atoms with E-state index >= 15 is 0 Å². The molecule has 0 atom stereocenters. The Morgan fingerprint density at radius 3 is 1.87 bits per heavy atom. The van der Waals surface area contributed by atoms with E-state index in [0.717, 1.165) is 11.1 Å². The molecular formula is C21H16ClF. The number of rotatable bonds is 4. The van der Waals surface area contributed by atoms with Gasteiger partial charge in [-0.15, -0.1) is 0 Å². The van der Waals surface area contributed by atoms with Crippen molar-refractivity contribution >= 4 is 17.4 Å². The molecule has 0 heterocycles. The van der Waals surface area contributed by atoms with Crippen molar-refractivity contribution in [2.24, 2.45) is 0 Å². The zero-order valence-electron chi connectivity index (χ0n) is 12.5. The zero-order chi connectivity index (χ0) is 16.1. The maximum Gasteiger partial charge on any atom is 0.127 e. The zero-order valence-corrected chi connectivity index (χ0v) is 13.2. The minimum atomic E-state index is -0.273. The van der Waals surface area contributed by atoms with Crippen LogP contribution in [0.25, 0.3) is 5.83 Å². The molecule has 0 aliphatic carbocycles. The lowest BCUT2D eigenvalue weighted by Crippen LogP contribution is -1.98. The van der Waals surface area contributed by atoms with Crippen LogP contribution in [0.1, 0.15) is 22.6 Å². The van der Waals surface area contributed by atoms with Crippen LogP contribution in [0, 0.1) is 0 Å². The summed E-state index contributed by atoms with van der Waals surface area (Å²) in [5.74, 6) is -0.415. The Kier molecular flexibility index (Phi) is 4.89. The molecule has 0 saturated heterocycles. The van der Waals surface area contributed by atoms with Crippen LogP contribution in [0.4, 0.5) is 4.39 Å². The highest BCUT2D eigenvalue weighted by Gasteiger charge is 2.13. The molecule has 0 spiro atoms. The summed E-state index contributed by atoms with van der Waals surface area (Å²) in [6.07, 6.45) is 1.65. The lowest BCUT2D eigenvalue weighted by Gasteiger charge is -2.14. The van der Waals surface area contributed by atoms with Gasteiger partial charge in [-0.05, 0) is 29.3 Å². The molecule has 3 rings (SSSR count). The molecule has 0 saturated carbocycles. The van der Waals surface area contributed by atoms with E-state index in [9.17, 15) is 4.39 Å². The second-order valence-corrected chi connectivity index (χ2v) is 5.76. The fourth-order valence-electron chi connectivity index (χ4n) is 2.59. The van der Waals surface area contributed by atoms with Crippen molar-refractivity contribution in [1.82, 2.24) is 0 Å². The van der Waals surface area contributed by atoms with Gasteiger partial charge >= 0.3 is 0 Å². The summed E-state index contributed by atoms with van der Waals surface area (Å²) in [4.78, 5) is 0. The van der Waals surface area contributed by atoms with Crippen molar-refractivity contribution in [3.05, 3.63) is 113 Å². The summed E-state index contributed by atoms with van der Waals surface area (Å²) in [6.45, 7) is 0. The second-order valence-electron chi connectivity index (χ2n) is 5.32. The summed E-state index contributed by atoms with van der Waals surface area (Å²) < 4.78 is 14.7. The average Bonchev–Trinajstić information content (AvgIpc) is 2.61. The molecule has 0 nitrogen and oxygen atoms in total. The van der Waals surface area contributed by atoms with Gasteiger partial charge in [-0.3, -0.25) is 0 Å². The molecule has 0 unspecified atom stereocenters. The van der Waals surface area contributed by atoms with E-state index in [2.05, 4.69) is 0 Å². The van der Waals surface area contributed by atoms with Crippen LogP contribution in [-0.2, 0) is 0 Å². The molecular weight excluding hydrogens is 307 g/mol. The van der Waals surface area contributed by atoms with Gasteiger partial charge in [-0.1, -0.05) is 84.4 Å². The number of halogens is 2. The molecule has 23 heavy (non-hydrogen) atoms. The maximum atomic E-state index is 14.7. The van der Waals surface area contributed by atoms with Crippen LogP contribution in [0.3, 0.4) is 0 Å². The molecule has 0 radical (unpaired) electrons. The number of benzene rings is 3. The van der Waals surface area contributed by atoms with Gasteiger partial charge in [0.1, 0.15) is 5.83 Å². The van der Waals surface area contributed by atoms with Crippen molar-refractivity contribution in [3.8, 4) is 0 Å². The van der Waals surface area contributed by atoms with Gasteiger partial charge < -0.3 is 0 Å². The van der Waals surface area contributed by atoms with Crippen LogP contribution in [0.15, 0.2) is 91.0 Å². The normalized spacial score (nSPS) is 11.7. The van der Waals surface area contributed by atoms with Crippen molar-refractivity contribution in [2.75, 3.05) is 0 Å². The minimum absolute atomic E-state index is 0.142. The molecule has 0 aliphatic heterocycles. The molecule has 3 aromatic rings. The largest absolute Gasteiger partial charge is 0.207 e. The Morgan fingerprint density at radius 1 is 0.783 bits per heavy atom. The smallest absolute Gasteiger partial charge is 0.127 e. The summed E-state index contributed by atoms with van der Waals surface area (Å²) in [5, 5.41) is 0.530. The van der Waals surface area contributed by atoms with Crippen LogP contribution < -0.4 is 0 Å². The van der Waals surface area contributed by atoms with Crippen LogP contribution in [0.2, 0.25) is 5.02 Å². The first kappa shape index (κ1) is 15.5. The van der Waals surface area contributed by atoms with Gasteiger partial charge in [0.25, 0.3) is 0 Å². The Labute approximate surface area is 140 Å². The monoisotopic (exact) mass is 322 g/mol. The van der Waals surface area contributed by atoms with Gasteiger partial charge in [-0.25, -0.2) is 4.39 Å². The van der Waals surface area contributed by atoms with Crippen molar-refractivity contribution in [1.29, 1.82) is 0 Å². The summed E-state index contributed by atoms with van der Waals surface area (Å²) in [6, 6.07) is 26.7. The minimum Gasteiger partial charge on any atom is -0.207 e. The average molecular weight is 323 g/mol. The Balaban J connectivity index is 2.04. The van der Waals surface area contributed by atoms with E-state index in [1.165, 1.54) is 0 Å². The molecule has 0 amide bonds. The van der Waals surface area contributed by atoms with E-state index in [0.29, 0.717) is 10.6 Å². The van der Waals surface area contributed by atoms with Gasteiger partial charge in [0.15, 0.2) is 0 Å². The maximum absolute atomic E-state index is 14.7. The van der Waals surface area contributed by atoms with E-state index < -0.39 is 0 Å². The second kappa shape index (κ2) is 7.26. The van der Waals surface area contributed by atoms with Crippen molar-refractivity contribution in [3.63, 3.8) is 0 Å². The third-order valence-electron chi connectivity index (χ3n) is 3.73. The number of allylic oxidation sites excluding steroid dienone is 1. The Bertz CT molecular complexity index is 755.